The van der Waals surface area contributed by atoms with Gasteiger partial charge < -0.3 is 14.5 Å². The van der Waals surface area contributed by atoms with Crippen molar-refractivity contribution in [1.82, 2.24) is 5.32 Å². The summed E-state index contributed by atoms with van der Waals surface area (Å²) in [6.07, 6.45) is 1.02. The van der Waals surface area contributed by atoms with E-state index in [9.17, 15) is 0 Å². The van der Waals surface area contributed by atoms with Crippen molar-refractivity contribution in [1.29, 1.82) is 0 Å². The molecule has 2 aromatic rings. The Hall–Kier alpha value is -1.48. The van der Waals surface area contributed by atoms with Crippen molar-refractivity contribution < 1.29 is 9.15 Å². The number of nitrogens with one attached hydrogen (secondary N) is 1. The summed E-state index contributed by atoms with van der Waals surface area (Å²) in [4.78, 5) is 0. The van der Waals surface area contributed by atoms with Gasteiger partial charge in [-0.15, -0.1) is 0 Å². The maximum atomic E-state index is 6.07. The van der Waals surface area contributed by atoms with E-state index in [0.717, 1.165) is 43.2 Å². The molecule has 1 aromatic heterocycles. The third-order valence-corrected chi connectivity index (χ3v) is 3.49. The smallest absolute Gasteiger partial charge is 0.134 e. The van der Waals surface area contributed by atoms with Crippen molar-refractivity contribution in [3.63, 3.8) is 0 Å². The topological polar surface area (TPSA) is 34.4 Å². The van der Waals surface area contributed by atoms with Crippen LogP contribution < -0.4 is 10.1 Å². The molecule has 0 unspecified atom stereocenters. The van der Waals surface area contributed by atoms with Gasteiger partial charge in [-0.1, -0.05) is 34.6 Å². The van der Waals surface area contributed by atoms with Gasteiger partial charge in [0.1, 0.15) is 17.1 Å². The summed E-state index contributed by atoms with van der Waals surface area (Å²) >= 11 is 0. The first-order valence-corrected chi connectivity index (χ1v) is 7.86. The highest BCUT2D eigenvalue weighted by atomic mass is 16.5. The predicted molar refractivity (Wildman–Crippen MR) is 88.1 cm³/mol. The highest BCUT2D eigenvalue weighted by molar-refractivity contribution is 5.85. The fourth-order valence-corrected chi connectivity index (χ4v) is 2.62. The van der Waals surface area contributed by atoms with Gasteiger partial charge in [0.2, 0.25) is 0 Å². The van der Waals surface area contributed by atoms with Gasteiger partial charge in [0, 0.05) is 10.9 Å². The van der Waals surface area contributed by atoms with E-state index < -0.39 is 0 Å². The Morgan fingerprint density at radius 2 is 1.95 bits per heavy atom. The number of furan rings is 1. The van der Waals surface area contributed by atoms with Crippen LogP contribution in [0.15, 0.2) is 22.6 Å². The summed E-state index contributed by atoms with van der Waals surface area (Å²) in [5.41, 5.74) is 2.26. The van der Waals surface area contributed by atoms with Crippen LogP contribution in [0.4, 0.5) is 0 Å². The molecule has 0 aliphatic heterocycles. The molecule has 0 bridgehead atoms. The second-order valence-electron chi connectivity index (χ2n) is 6.44. The molecular weight excluding hydrogens is 262 g/mol. The van der Waals surface area contributed by atoms with E-state index in [1.54, 1.807) is 0 Å². The minimum atomic E-state index is 0.0411. The Morgan fingerprint density at radius 3 is 2.57 bits per heavy atom. The van der Waals surface area contributed by atoms with Crippen LogP contribution in [-0.2, 0) is 12.0 Å². The number of ether oxygens (including phenoxy) is 1. The molecule has 0 aliphatic carbocycles. The Kier molecular flexibility index (Phi) is 4.94. The number of rotatable bonds is 6. The van der Waals surface area contributed by atoms with Gasteiger partial charge in [0.25, 0.3) is 0 Å². The Morgan fingerprint density at radius 1 is 1.19 bits per heavy atom. The highest BCUT2D eigenvalue weighted by Gasteiger charge is 2.25. The van der Waals surface area contributed by atoms with Crippen molar-refractivity contribution in [2.45, 2.75) is 53.0 Å². The zero-order valence-electron chi connectivity index (χ0n) is 13.9. The maximum Gasteiger partial charge on any atom is 0.134 e. The molecule has 0 saturated carbocycles. The lowest BCUT2D eigenvalue weighted by molar-refractivity contribution is 0.318. The molecule has 116 valence electrons. The lowest BCUT2D eigenvalue weighted by Crippen LogP contribution is -2.18. The number of benzene rings is 1. The third-order valence-electron chi connectivity index (χ3n) is 3.49. The normalized spacial score (nSPS) is 12.0. The van der Waals surface area contributed by atoms with E-state index >= 15 is 0 Å². The molecule has 3 nitrogen and oxygen atoms in total. The Labute approximate surface area is 127 Å². The van der Waals surface area contributed by atoms with Gasteiger partial charge in [0.05, 0.1) is 13.2 Å². The average molecular weight is 289 g/mol. The van der Waals surface area contributed by atoms with Crippen LogP contribution in [-0.4, -0.2) is 13.2 Å². The SMILES string of the molecule is CCCOc1ccc2oc(CNCC)c(C(C)(C)C)c2c1. The lowest BCUT2D eigenvalue weighted by atomic mass is 9.84. The second-order valence-corrected chi connectivity index (χ2v) is 6.44. The van der Waals surface area contributed by atoms with Crippen LogP contribution in [0.2, 0.25) is 0 Å². The van der Waals surface area contributed by atoms with Crippen LogP contribution in [0.3, 0.4) is 0 Å². The largest absolute Gasteiger partial charge is 0.494 e. The van der Waals surface area contributed by atoms with Gasteiger partial charge in [-0.25, -0.2) is 0 Å². The quantitative estimate of drug-likeness (QED) is 0.842. The minimum Gasteiger partial charge on any atom is -0.494 e. The van der Waals surface area contributed by atoms with E-state index in [1.165, 1.54) is 10.9 Å². The molecular formula is C18H27NO2. The molecule has 0 atom stereocenters. The summed E-state index contributed by atoms with van der Waals surface area (Å²) < 4.78 is 11.8. The van der Waals surface area contributed by atoms with Crippen LogP contribution >= 0.6 is 0 Å². The van der Waals surface area contributed by atoms with E-state index in [1.807, 2.05) is 12.1 Å². The third kappa shape index (κ3) is 3.59. The second kappa shape index (κ2) is 6.52. The molecule has 0 aliphatic rings. The molecule has 1 heterocycles. The predicted octanol–water partition coefficient (Wildman–Crippen LogP) is 4.63. The van der Waals surface area contributed by atoms with Crippen molar-refractivity contribution >= 4 is 11.0 Å². The van der Waals surface area contributed by atoms with E-state index in [2.05, 4.69) is 46.0 Å². The van der Waals surface area contributed by atoms with Crippen LogP contribution in [0.1, 0.15) is 52.4 Å². The first-order valence-electron chi connectivity index (χ1n) is 7.86. The van der Waals surface area contributed by atoms with Crippen LogP contribution in [0, 0.1) is 0 Å². The fraction of sp³-hybridized carbons (Fsp3) is 0.556. The number of fused-ring (bicyclic) bond motifs is 1. The summed E-state index contributed by atoms with van der Waals surface area (Å²) in [5, 5.41) is 4.53. The molecule has 1 N–H and O–H groups in total. The molecule has 0 spiro atoms. The average Bonchev–Trinajstić information content (AvgIpc) is 2.80. The van der Waals surface area contributed by atoms with Crippen LogP contribution in [0.25, 0.3) is 11.0 Å². The molecule has 0 fully saturated rings. The van der Waals surface area contributed by atoms with Gasteiger partial charge >= 0.3 is 0 Å². The van der Waals surface area contributed by atoms with Crippen molar-refractivity contribution in [3.05, 3.63) is 29.5 Å². The maximum absolute atomic E-state index is 6.07. The molecule has 21 heavy (non-hydrogen) atoms. The Balaban J connectivity index is 2.49. The van der Waals surface area contributed by atoms with E-state index in [-0.39, 0.29) is 5.41 Å². The summed E-state index contributed by atoms with van der Waals surface area (Å²) in [5.74, 6) is 1.96. The summed E-state index contributed by atoms with van der Waals surface area (Å²) in [6, 6.07) is 6.13. The summed E-state index contributed by atoms with van der Waals surface area (Å²) in [6.45, 7) is 13.4. The lowest BCUT2D eigenvalue weighted by Gasteiger charge is -2.19. The summed E-state index contributed by atoms with van der Waals surface area (Å²) in [7, 11) is 0. The van der Waals surface area contributed by atoms with E-state index in [0.29, 0.717) is 0 Å². The van der Waals surface area contributed by atoms with Crippen LogP contribution in [0.5, 0.6) is 5.75 Å². The minimum absolute atomic E-state index is 0.0411. The van der Waals surface area contributed by atoms with Crippen molar-refractivity contribution in [3.8, 4) is 5.75 Å². The molecule has 0 saturated heterocycles. The van der Waals surface area contributed by atoms with Crippen molar-refractivity contribution in [2.75, 3.05) is 13.2 Å². The highest BCUT2D eigenvalue weighted by Crippen LogP contribution is 2.37. The van der Waals surface area contributed by atoms with Gasteiger partial charge in [-0.2, -0.15) is 0 Å². The van der Waals surface area contributed by atoms with Crippen molar-refractivity contribution in [2.24, 2.45) is 0 Å². The first kappa shape index (κ1) is 15.9. The van der Waals surface area contributed by atoms with E-state index in [4.69, 9.17) is 9.15 Å². The Bertz CT molecular complexity index is 593. The van der Waals surface area contributed by atoms with Gasteiger partial charge in [-0.05, 0) is 36.6 Å². The number of hydrogen-bond donors (Lipinski definition) is 1. The molecule has 2 rings (SSSR count). The zero-order chi connectivity index (χ0) is 15.5. The first-order chi connectivity index (χ1) is 9.97. The fourth-order valence-electron chi connectivity index (χ4n) is 2.62. The molecule has 0 amide bonds. The number of hydrogen-bond acceptors (Lipinski definition) is 3. The molecule has 0 radical (unpaired) electrons. The molecule has 3 heteroatoms. The molecule has 1 aromatic carbocycles. The van der Waals surface area contributed by atoms with Gasteiger partial charge in [-0.3, -0.25) is 0 Å². The monoisotopic (exact) mass is 289 g/mol. The van der Waals surface area contributed by atoms with Gasteiger partial charge in [0.15, 0.2) is 0 Å². The standard InChI is InChI=1S/C18H27NO2/c1-6-10-20-13-8-9-15-14(11-13)17(18(3,4)5)16(21-15)12-19-7-2/h8-9,11,19H,6-7,10,12H2,1-5H3. The zero-order valence-corrected chi connectivity index (χ0v) is 13.9.